The van der Waals surface area contributed by atoms with Gasteiger partial charge in [-0.25, -0.2) is 0 Å². The lowest BCUT2D eigenvalue weighted by Gasteiger charge is -2.12. The number of rotatable bonds is 5. The Labute approximate surface area is 120 Å². The highest BCUT2D eigenvalue weighted by molar-refractivity contribution is 6.76. The minimum absolute atomic E-state index is 0.455. The molecule has 100 valence electrons. The highest BCUT2D eigenvalue weighted by atomic mass is 35.6. The standard InChI is InChI=1S/C11H12Cl3NO3/c1-17-6-7-18-9-4-2-8(3-5-9)15-10(16)11(12,13)14/h2-5H,6-7H2,1H3,(H,15,16). The van der Waals surface area contributed by atoms with Gasteiger partial charge in [-0.3, -0.25) is 4.79 Å². The van der Waals surface area contributed by atoms with E-state index in [2.05, 4.69) is 5.32 Å². The Balaban J connectivity index is 2.53. The van der Waals surface area contributed by atoms with E-state index < -0.39 is 9.70 Å². The predicted molar refractivity (Wildman–Crippen MR) is 72.7 cm³/mol. The van der Waals surface area contributed by atoms with Gasteiger partial charge < -0.3 is 14.8 Å². The van der Waals surface area contributed by atoms with E-state index >= 15 is 0 Å². The van der Waals surface area contributed by atoms with Crippen LogP contribution in [0.5, 0.6) is 5.75 Å². The van der Waals surface area contributed by atoms with Gasteiger partial charge in [0.05, 0.1) is 6.61 Å². The summed E-state index contributed by atoms with van der Waals surface area (Å²) in [4.78, 5) is 11.4. The molecule has 0 spiro atoms. The van der Waals surface area contributed by atoms with Crippen LogP contribution in [0.25, 0.3) is 0 Å². The molecule has 7 heteroatoms. The third-order valence-corrected chi connectivity index (χ3v) is 2.44. The van der Waals surface area contributed by atoms with E-state index in [1.54, 1.807) is 31.4 Å². The number of carbonyl (C=O) groups excluding carboxylic acids is 1. The van der Waals surface area contributed by atoms with Crippen molar-refractivity contribution in [1.29, 1.82) is 0 Å². The Morgan fingerprint density at radius 1 is 1.22 bits per heavy atom. The van der Waals surface area contributed by atoms with E-state index in [-0.39, 0.29) is 0 Å². The first kappa shape index (κ1) is 15.4. The number of hydrogen-bond donors (Lipinski definition) is 1. The molecular formula is C11H12Cl3NO3. The van der Waals surface area contributed by atoms with E-state index in [0.717, 1.165) is 0 Å². The van der Waals surface area contributed by atoms with Crippen LogP contribution in [0.15, 0.2) is 24.3 Å². The van der Waals surface area contributed by atoms with Crippen LogP contribution in [0.2, 0.25) is 0 Å². The molecule has 0 aliphatic heterocycles. The molecule has 0 aromatic heterocycles. The average Bonchev–Trinajstić information content (AvgIpc) is 2.30. The Kier molecular flexibility index (Phi) is 6.02. The van der Waals surface area contributed by atoms with Crippen molar-refractivity contribution in [3.63, 3.8) is 0 Å². The van der Waals surface area contributed by atoms with E-state index in [1.807, 2.05) is 0 Å². The molecule has 1 amide bonds. The van der Waals surface area contributed by atoms with Crippen molar-refractivity contribution in [2.24, 2.45) is 0 Å². The summed E-state index contributed by atoms with van der Waals surface area (Å²) >= 11 is 16.3. The second kappa shape index (κ2) is 7.04. The monoisotopic (exact) mass is 311 g/mol. The minimum atomic E-state index is -1.98. The van der Waals surface area contributed by atoms with Crippen molar-refractivity contribution in [1.82, 2.24) is 0 Å². The molecule has 1 N–H and O–H groups in total. The Bertz CT molecular complexity index is 390. The van der Waals surface area contributed by atoms with Crippen LogP contribution in [-0.2, 0) is 9.53 Å². The van der Waals surface area contributed by atoms with Gasteiger partial charge in [0.2, 0.25) is 0 Å². The molecular weight excluding hydrogens is 300 g/mol. The number of methoxy groups -OCH3 is 1. The number of anilines is 1. The topological polar surface area (TPSA) is 47.6 Å². The van der Waals surface area contributed by atoms with Crippen LogP contribution in [0.4, 0.5) is 5.69 Å². The summed E-state index contributed by atoms with van der Waals surface area (Å²) in [5.41, 5.74) is 0.519. The number of halogens is 3. The van der Waals surface area contributed by atoms with Crippen LogP contribution < -0.4 is 10.1 Å². The molecule has 0 saturated heterocycles. The lowest BCUT2D eigenvalue weighted by atomic mass is 10.3. The number of ether oxygens (including phenoxy) is 2. The lowest BCUT2D eigenvalue weighted by molar-refractivity contribution is -0.115. The Hall–Kier alpha value is -0.680. The van der Waals surface area contributed by atoms with Crippen LogP contribution in [0.3, 0.4) is 0 Å². The molecule has 1 aromatic rings. The maximum atomic E-state index is 11.4. The number of amides is 1. The number of hydrogen-bond acceptors (Lipinski definition) is 3. The fraction of sp³-hybridized carbons (Fsp3) is 0.364. The predicted octanol–water partition coefficient (Wildman–Crippen LogP) is 3.02. The highest BCUT2D eigenvalue weighted by Gasteiger charge is 2.30. The number of nitrogens with one attached hydrogen (secondary N) is 1. The zero-order valence-electron chi connectivity index (χ0n) is 9.58. The van der Waals surface area contributed by atoms with Gasteiger partial charge in [0.1, 0.15) is 12.4 Å². The maximum Gasteiger partial charge on any atom is 0.276 e. The molecule has 0 unspecified atom stereocenters. The van der Waals surface area contributed by atoms with Gasteiger partial charge in [-0.1, -0.05) is 34.8 Å². The van der Waals surface area contributed by atoms with E-state index in [4.69, 9.17) is 44.3 Å². The summed E-state index contributed by atoms with van der Waals surface area (Å²) in [5, 5.41) is 2.46. The largest absolute Gasteiger partial charge is 0.491 e. The highest BCUT2D eigenvalue weighted by Crippen LogP contribution is 2.28. The van der Waals surface area contributed by atoms with Crippen molar-refractivity contribution >= 4 is 46.4 Å². The minimum Gasteiger partial charge on any atom is -0.491 e. The van der Waals surface area contributed by atoms with Crippen molar-refractivity contribution in [2.45, 2.75) is 3.79 Å². The zero-order chi connectivity index (χ0) is 13.6. The average molecular weight is 313 g/mol. The van der Waals surface area contributed by atoms with Crippen molar-refractivity contribution in [3.05, 3.63) is 24.3 Å². The number of alkyl halides is 3. The summed E-state index contributed by atoms with van der Waals surface area (Å²) in [5.74, 6) is -0.0421. The van der Waals surface area contributed by atoms with Crippen LogP contribution in [0.1, 0.15) is 0 Å². The lowest BCUT2D eigenvalue weighted by Crippen LogP contribution is -2.26. The SMILES string of the molecule is COCCOc1ccc(NC(=O)C(Cl)(Cl)Cl)cc1. The quantitative estimate of drug-likeness (QED) is 0.671. The molecule has 0 saturated carbocycles. The molecule has 0 heterocycles. The second-order valence-corrected chi connectivity index (χ2v) is 5.60. The molecule has 1 aromatic carbocycles. The molecule has 0 atom stereocenters. The Morgan fingerprint density at radius 2 is 1.83 bits per heavy atom. The second-order valence-electron chi connectivity index (χ2n) is 3.32. The smallest absolute Gasteiger partial charge is 0.276 e. The van der Waals surface area contributed by atoms with Gasteiger partial charge in [0.25, 0.3) is 9.70 Å². The van der Waals surface area contributed by atoms with Crippen molar-refractivity contribution in [2.75, 3.05) is 25.6 Å². The first-order valence-electron chi connectivity index (χ1n) is 5.03. The van der Waals surface area contributed by atoms with E-state index in [9.17, 15) is 4.79 Å². The number of benzene rings is 1. The fourth-order valence-corrected chi connectivity index (χ4v) is 1.22. The van der Waals surface area contributed by atoms with Gasteiger partial charge in [-0.05, 0) is 24.3 Å². The summed E-state index contributed by atoms with van der Waals surface area (Å²) in [6.45, 7) is 0.960. The van der Waals surface area contributed by atoms with Crippen LogP contribution in [-0.4, -0.2) is 30.0 Å². The first-order chi connectivity index (χ1) is 8.43. The molecule has 0 aliphatic rings. The Morgan fingerprint density at radius 3 is 2.33 bits per heavy atom. The normalized spacial score (nSPS) is 11.1. The maximum absolute atomic E-state index is 11.4. The molecule has 0 aliphatic carbocycles. The third-order valence-electron chi connectivity index (χ3n) is 1.93. The molecule has 1 rings (SSSR count). The van der Waals surface area contributed by atoms with Gasteiger partial charge in [-0.2, -0.15) is 0 Å². The molecule has 0 radical (unpaired) electrons. The van der Waals surface area contributed by atoms with E-state index in [0.29, 0.717) is 24.7 Å². The molecule has 0 fully saturated rings. The molecule has 0 bridgehead atoms. The van der Waals surface area contributed by atoms with Crippen molar-refractivity contribution < 1.29 is 14.3 Å². The molecule has 18 heavy (non-hydrogen) atoms. The summed E-state index contributed by atoms with van der Waals surface area (Å²) < 4.78 is 8.23. The van der Waals surface area contributed by atoms with Gasteiger partial charge in [0, 0.05) is 12.8 Å². The van der Waals surface area contributed by atoms with Crippen molar-refractivity contribution in [3.8, 4) is 5.75 Å². The first-order valence-corrected chi connectivity index (χ1v) is 6.17. The number of carbonyl (C=O) groups is 1. The van der Waals surface area contributed by atoms with Gasteiger partial charge >= 0.3 is 0 Å². The summed E-state index contributed by atoms with van der Waals surface area (Å²) in [7, 11) is 1.60. The third kappa shape index (κ3) is 5.31. The summed E-state index contributed by atoms with van der Waals surface area (Å²) in [6, 6.07) is 6.69. The van der Waals surface area contributed by atoms with Gasteiger partial charge in [0.15, 0.2) is 0 Å². The van der Waals surface area contributed by atoms with Crippen LogP contribution in [0, 0.1) is 0 Å². The molecule has 4 nitrogen and oxygen atoms in total. The zero-order valence-corrected chi connectivity index (χ0v) is 11.9. The van der Waals surface area contributed by atoms with Gasteiger partial charge in [-0.15, -0.1) is 0 Å². The van der Waals surface area contributed by atoms with Crippen LogP contribution >= 0.6 is 34.8 Å². The summed E-state index contributed by atoms with van der Waals surface area (Å²) in [6.07, 6.45) is 0. The fourth-order valence-electron chi connectivity index (χ4n) is 1.08. The van der Waals surface area contributed by atoms with E-state index in [1.165, 1.54) is 0 Å².